The van der Waals surface area contributed by atoms with Crippen LogP contribution in [0.2, 0.25) is 5.02 Å². The Morgan fingerprint density at radius 3 is 2.22 bits per heavy atom. The third-order valence-electron chi connectivity index (χ3n) is 6.55. The fourth-order valence-electron chi connectivity index (χ4n) is 4.36. The topological polar surface area (TPSA) is 96.0 Å². The summed E-state index contributed by atoms with van der Waals surface area (Å²) in [7, 11) is -2.70. The normalized spacial score (nSPS) is 12.1. The fraction of sp³-hybridized carbons (Fsp3) is 0.355. The van der Waals surface area contributed by atoms with Gasteiger partial charge in [-0.1, -0.05) is 62.2 Å². The molecule has 1 N–H and O–H groups in total. The molecule has 1 atom stereocenters. The van der Waals surface area contributed by atoms with Crippen LogP contribution >= 0.6 is 11.6 Å². The van der Waals surface area contributed by atoms with Crippen molar-refractivity contribution in [2.45, 2.75) is 51.6 Å². The number of hydrogen-bond donors (Lipinski definition) is 1. The van der Waals surface area contributed by atoms with Gasteiger partial charge in [-0.2, -0.15) is 0 Å². The van der Waals surface area contributed by atoms with Gasteiger partial charge in [-0.25, -0.2) is 8.42 Å². The van der Waals surface area contributed by atoms with E-state index >= 15 is 0 Å². The van der Waals surface area contributed by atoms with Crippen LogP contribution in [-0.4, -0.2) is 51.4 Å². The van der Waals surface area contributed by atoms with Crippen LogP contribution in [0.1, 0.15) is 38.3 Å². The molecular weight excluding hydrogens is 562 g/mol. The lowest BCUT2D eigenvalue weighted by Gasteiger charge is -2.33. The molecule has 3 aromatic rings. The Kier molecular flexibility index (Phi) is 11.2. The highest BCUT2D eigenvalue weighted by Gasteiger charge is 2.33. The van der Waals surface area contributed by atoms with Crippen molar-refractivity contribution in [3.63, 3.8) is 0 Å². The van der Waals surface area contributed by atoms with Crippen molar-refractivity contribution in [3.05, 3.63) is 88.9 Å². The molecule has 0 fully saturated rings. The number of methoxy groups -OCH3 is 1. The Bertz CT molecular complexity index is 1430. The van der Waals surface area contributed by atoms with Crippen molar-refractivity contribution in [2.24, 2.45) is 5.92 Å². The van der Waals surface area contributed by atoms with E-state index in [0.29, 0.717) is 23.7 Å². The molecule has 0 bridgehead atoms. The highest BCUT2D eigenvalue weighted by molar-refractivity contribution is 7.92. The number of anilines is 1. The van der Waals surface area contributed by atoms with E-state index in [-0.39, 0.29) is 29.0 Å². The van der Waals surface area contributed by atoms with E-state index in [2.05, 4.69) is 5.32 Å². The first-order valence-corrected chi connectivity index (χ1v) is 15.3. The number of halogens is 1. The Morgan fingerprint density at radius 1 is 1.00 bits per heavy atom. The van der Waals surface area contributed by atoms with E-state index in [4.69, 9.17) is 16.3 Å². The zero-order valence-electron chi connectivity index (χ0n) is 24.1. The van der Waals surface area contributed by atoms with Crippen LogP contribution in [0.15, 0.2) is 77.7 Å². The van der Waals surface area contributed by atoms with Crippen LogP contribution in [0.5, 0.6) is 5.75 Å². The molecule has 3 rings (SSSR count). The molecule has 0 heterocycles. The number of nitrogens with one attached hydrogen (secondary N) is 1. The maximum absolute atomic E-state index is 14.1. The summed E-state index contributed by atoms with van der Waals surface area (Å²) >= 11 is 6.09. The van der Waals surface area contributed by atoms with E-state index < -0.39 is 28.5 Å². The summed E-state index contributed by atoms with van der Waals surface area (Å²) in [5.41, 5.74) is 2.12. The molecular formula is C31H38ClN3O5S. The highest BCUT2D eigenvalue weighted by atomic mass is 35.5. The van der Waals surface area contributed by atoms with Gasteiger partial charge < -0.3 is 15.0 Å². The molecule has 41 heavy (non-hydrogen) atoms. The lowest BCUT2D eigenvalue weighted by molar-refractivity contribution is -0.140. The number of benzene rings is 3. The molecule has 0 radical (unpaired) electrons. The molecule has 10 heteroatoms. The third kappa shape index (κ3) is 8.47. The second kappa shape index (κ2) is 14.4. The van der Waals surface area contributed by atoms with Gasteiger partial charge in [0.15, 0.2) is 0 Å². The Morgan fingerprint density at radius 2 is 1.66 bits per heavy atom. The van der Waals surface area contributed by atoms with Crippen molar-refractivity contribution >= 4 is 39.1 Å². The summed E-state index contributed by atoms with van der Waals surface area (Å²) in [4.78, 5) is 28.9. The molecule has 8 nitrogen and oxygen atoms in total. The average molecular weight is 600 g/mol. The van der Waals surface area contributed by atoms with Crippen LogP contribution in [0.25, 0.3) is 0 Å². The number of carbonyl (C=O) groups is 2. The van der Waals surface area contributed by atoms with E-state index in [0.717, 1.165) is 15.4 Å². The molecule has 0 unspecified atom stereocenters. The highest BCUT2D eigenvalue weighted by Crippen LogP contribution is 2.27. The SMILES string of the molecule is CC[C@@H](C(=O)NCC(C)C)N(Cc1cccc(C)c1)C(=O)CN(c1ccc(Cl)cc1)S(=O)(=O)c1ccc(OC)cc1. The lowest BCUT2D eigenvalue weighted by Crippen LogP contribution is -2.52. The number of amides is 2. The molecule has 0 aliphatic carbocycles. The Labute approximate surface area is 248 Å². The summed E-state index contributed by atoms with van der Waals surface area (Å²) in [5, 5.41) is 3.36. The quantitative estimate of drug-likeness (QED) is 0.283. The van der Waals surface area contributed by atoms with Crippen molar-refractivity contribution in [1.29, 1.82) is 0 Å². The van der Waals surface area contributed by atoms with Crippen molar-refractivity contribution in [3.8, 4) is 5.75 Å². The second-order valence-electron chi connectivity index (χ2n) is 10.2. The van der Waals surface area contributed by atoms with Gasteiger partial charge in [-0.15, -0.1) is 0 Å². The number of nitrogens with zero attached hydrogens (tertiary/aromatic N) is 2. The molecule has 2 amide bonds. The van der Waals surface area contributed by atoms with Crippen molar-refractivity contribution < 1.29 is 22.7 Å². The van der Waals surface area contributed by atoms with Gasteiger partial charge in [0.1, 0.15) is 18.3 Å². The molecule has 220 valence electrons. The van der Waals surface area contributed by atoms with Crippen molar-refractivity contribution in [2.75, 3.05) is 24.5 Å². The number of rotatable bonds is 13. The monoisotopic (exact) mass is 599 g/mol. The maximum Gasteiger partial charge on any atom is 0.264 e. The first-order valence-electron chi connectivity index (χ1n) is 13.5. The standard InChI is InChI=1S/C31H38ClN3O5S/c1-6-29(31(37)33-19-22(2)3)34(20-24-9-7-8-23(4)18-24)30(36)21-35(26-12-10-25(32)11-13-26)41(38,39)28-16-14-27(40-5)15-17-28/h7-18,22,29H,6,19-21H2,1-5H3,(H,33,37)/t29-/m0/s1. The largest absolute Gasteiger partial charge is 0.497 e. The Balaban J connectivity index is 2.04. The van der Waals surface area contributed by atoms with Gasteiger partial charge in [0, 0.05) is 18.1 Å². The molecule has 0 saturated carbocycles. The smallest absolute Gasteiger partial charge is 0.264 e. The summed E-state index contributed by atoms with van der Waals surface area (Å²) in [6, 6.07) is 19.1. The molecule has 0 aromatic heterocycles. The number of hydrogen-bond acceptors (Lipinski definition) is 5. The second-order valence-corrected chi connectivity index (χ2v) is 12.5. The van der Waals surface area contributed by atoms with Crippen LogP contribution < -0.4 is 14.4 Å². The molecule has 0 aliphatic rings. The average Bonchev–Trinajstić information content (AvgIpc) is 2.95. The zero-order chi connectivity index (χ0) is 30.2. The molecule has 0 aliphatic heterocycles. The minimum atomic E-state index is -4.19. The van der Waals surface area contributed by atoms with Gasteiger partial charge >= 0.3 is 0 Å². The number of ether oxygens (including phenoxy) is 1. The summed E-state index contributed by atoms with van der Waals surface area (Å²) in [5.74, 6) is -0.0589. The van der Waals surface area contributed by atoms with E-state index in [1.165, 1.54) is 24.1 Å². The molecule has 0 spiro atoms. The van der Waals surface area contributed by atoms with E-state index in [1.807, 2.05) is 52.0 Å². The first kappa shape index (κ1) is 32.0. The number of carbonyl (C=O) groups excluding carboxylic acids is 2. The van der Waals surface area contributed by atoms with Crippen LogP contribution in [0.4, 0.5) is 5.69 Å². The zero-order valence-corrected chi connectivity index (χ0v) is 25.7. The first-order chi connectivity index (χ1) is 19.5. The minimum Gasteiger partial charge on any atom is -0.497 e. The van der Waals surface area contributed by atoms with Gasteiger partial charge in [0.25, 0.3) is 10.0 Å². The van der Waals surface area contributed by atoms with Crippen molar-refractivity contribution in [1.82, 2.24) is 10.2 Å². The van der Waals surface area contributed by atoms with Gasteiger partial charge in [-0.05, 0) is 73.4 Å². The van der Waals surface area contributed by atoms with Gasteiger partial charge in [0.2, 0.25) is 11.8 Å². The van der Waals surface area contributed by atoms with Gasteiger partial charge in [-0.3, -0.25) is 13.9 Å². The number of aryl methyl sites for hydroxylation is 1. The van der Waals surface area contributed by atoms with Crippen LogP contribution in [-0.2, 0) is 26.2 Å². The summed E-state index contributed by atoms with van der Waals surface area (Å²) < 4.78 is 34.1. The predicted molar refractivity (Wildman–Crippen MR) is 163 cm³/mol. The van der Waals surface area contributed by atoms with Crippen LogP contribution in [0.3, 0.4) is 0 Å². The summed E-state index contributed by atoms with van der Waals surface area (Å²) in [6.07, 6.45) is 0.355. The summed E-state index contributed by atoms with van der Waals surface area (Å²) in [6.45, 7) is 7.86. The lowest BCUT2D eigenvalue weighted by atomic mass is 10.1. The molecule has 3 aromatic carbocycles. The van der Waals surface area contributed by atoms with E-state index in [1.54, 1.807) is 36.4 Å². The molecule has 0 saturated heterocycles. The number of sulfonamides is 1. The third-order valence-corrected chi connectivity index (χ3v) is 8.59. The minimum absolute atomic E-state index is 0.00648. The van der Waals surface area contributed by atoms with Gasteiger partial charge in [0.05, 0.1) is 17.7 Å². The van der Waals surface area contributed by atoms with Crippen LogP contribution in [0, 0.1) is 12.8 Å². The maximum atomic E-state index is 14.1. The Hall–Kier alpha value is -3.56. The van der Waals surface area contributed by atoms with E-state index in [9.17, 15) is 18.0 Å². The predicted octanol–water partition coefficient (Wildman–Crippen LogP) is 5.43. The fourth-order valence-corrected chi connectivity index (χ4v) is 5.90.